The summed E-state index contributed by atoms with van der Waals surface area (Å²) in [7, 11) is 3.82. The van der Waals surface area contributed by atoms with Crippen LogP contribution >= 0.6 is 0 Å². The Morgan fingerprint density at radius 2 is 2.00 bits per heavy atom. The zero-order valence-corrected chi connectivity index (χ0v) is 13.1. The second kappa shape index (κ2) is 8.34. The first-order chi connectivity index (χ1) is 9.12. The van der Waals surface area contributed by atoms with Crippen LogP contribution in [0.2, 0.25) is 0 Å². The Morgan fingerprint density at radius 1 is 1.26 bits per heavy atom. The third-order valence-corrected chi connectivity index (χ3v) is 3.51. The van der Waals surface area contributed by atoms with Crippen molar-refractivity contribution in [1.29, 1.82) is 0 Å². The first-order valence-electron chi connectivity index (χ1n) is 7.41. The van der Waals surface area contributed by atoms with Crippen LogP contribution in [-0.4, -0.2) is 20.3 Å². The Hall–Kier alpha value is -0.860. The van der Waals surface area contributed by atoms with Crippen molar-refractivity contribution in [1.82, 2.24) is 5.32 Å². The molecule has 108 valence electrons. The van der Waals surface area contributed by atoms with Gasteiger partial charge in [0.05, 0.1) is 12.1 Å². The fourth-order valence-electron chi connectivity index (χ4n) is 2.66. The minimum atomic E-state index is 0.240. The molecule has 0 heterocycles. The summed E-state index contributed by atoms with van der Waals surface area (Å²) < 4.78 is 5.66. The minimum absolute atomic E-state index is 0.240. The van der Waals surface area contributed by atoms with Crippen LogP contribution in [0.3, 0.4) is 0 Å². The minimum Gasteiger partial charge on any atom is -0.379 e. The van der Waals surface area contributed by atoms with Gasteiger partial charge in [-0.1, -0.05) is 51.5 Å². The highest BCUT2D eigenvalue weighted by Crippen LogP contribution is 2.23. The van der Waals surface area contributed by atoms with Crippen LogP contribution in [0, 0.1) is 5.92 Å². The normalized spacial score (nSPS) is 14.6. The lowest BCUT2D eigenvalue weighted by Gasteiger charge is -2.26. The highest BCUT2D eigenvalue weighted by molar-refractivity contribution is 5.27. The van der Waals surface area contributed by atoms with Gasteiger partial charge >= 0.3 is 0 Å². The lowest BCUT2D eigenvalue weighted by atomic mass is 9.94. The molecule has 2 atom stereocenters. The Morgan fingerprint density at radius 3 is 2.53 bits per heavy atom. The number of benzene rings is 1. The van der Waals surface area contributed by atoms with Crippen molar-refractivity contribution in [2.24, 2.45) is 5.92 Å². The monoisotopic (exact) mass is 263 g/mol. The van der Waals surface area contributed by atoms with Crippen LogP contribution in [0.5, 0.6) is 0 Å². The first-order valence-corrected chi connectivity index (χ1v) is 7.41. The van der Waals surface area contributed by atoms with Crippen molar-refractivity contribution in [2.75, 3.05) is 14.2 Å². The van der Waals surface area contributed by atoms with Crippen LogP contribution in [-0.2, 0) is 11.2 Å². The van der Waals surface area contributed by atoms with Crippen LogP contribution in [0.1, 0.15) is 50.8 Å². The van der Waals surface area contributed by atoms with E-state index in [1.807, 2.05) is 14.2 Å². The summed E-state index contributed by atoms with van der Waals surface area (Å²) in [5.74, 6) is 0.692. The molecule has 19 heavy (non-hydrogen) atoms. The van der Waals surface area contributed by atoms with Crippen LogP contribution in [0.4, 0.5) is 0 Å². The fraction of sp³-hybridized carbons (Fsp3) is 0.647. The first kappa shape index (κ1) is 16.2. The summed E-state index contributed by atoms with van der Waals surface area (Å²) in [6.07, 6.45) is 3.60. The predicted molar refractivity (Wildman–Crippen MR) is 82.5 cm³/mol. The number of rotatable bonds is 8. The lowest BCUT2D eigenvalue weighted by molar-refractivity contribution is 0.0630. The fourth-order valence-corrected chi connectivity index (χ4v) is 2.66. The van der Waals surface area contributed by atoms with Crippen LogP contribution in [0.25, 0.3) is 0 Å². The van der Waals surface area contributed by atoms with E-state index in [9.17, 15) is 0 Å². The molecular formula is C17H29NO. The number of nitrogens with one attached hydrogen (secondary N) is 1. The van der Waals surface area contributed by atoms with E-state index in [0.29, 0.717) is 5.92 Å². The summed E-state index contributed by atoms with van der Waals surface area (Å²) in [5, 5.41) is 3.41. The van der Waals surface area contributed by atoms with Gasteiger partial charge in [-0.2, -0.15) is 0 Å². The highest BCUT2D eigenvalue weighted by Gasteiger charge is 2.20. The van der Waals surface area contributed by atoms with Crippen LogP contribution in [0.15, 0.2) is 24.3 Å². The van der Waals surface area contributed by atoms with E-state index in [4.69, 9.17) is 4.74 Å². The molecule has 1 aromatic carbocycles. The van der Waals surface area contributed by atoms with E-state index in [0.717, 1.165) is 19.3 Å². The van der Waals surface area contributed by atoms with E-state index >= 15 is 0 Å². The van der Waals surface area contributed by atoms with Gasteiger partial charge in [-0.25, -0.2) is 0 Å². The summed E-state index contributed by atoms with van der Waals surface area (Å²) in [5.41, 5.74) is 2.75. The third kappa shape index (κ3) is 4.96. The molecule has 0 radical (unpaired) electrons. The molecular weight excluding hydrogens is 234 g/mol. The van der Waals surface area contributed by atoms with E-state index in [-0.39, 0.29) is 12.1 Å². The van der Waals surface area contributed by atoms with Crippen molar-refractivity contribution < 1.29 is 4.74 Å². The van der Waals surface area contributed by atoms with Gasteiger partial charge in [0.25, 0.3) is 0 Å². The maximum absolute atomic E-state index is 5.66. The second-order valence-corrected chi connectivity index (χ2v) is 5.67. The van der Waals surface area contributed by atoms with E-state index in [1.54, 1.807) is 0 Å². The second-order valence-electron chi connectivity index (χ2n) is 5.67. The maximum Gasteiger partial charge on any atom is 0.0765 e. The molecule has 0 spiro atoms. The summed E-state index contributed by atoms with van der Waals surface area (Å²) >= 11 is 0. The van der Waals surface area contributed by atoms with Gasteiger partial charge in [0.15, 0.2) is 0 Å². The van der Waals surface area contributed by atoms with Gasteiger partial charge in [0, 0.05) is 7.11 Å². The van der Waals surface area contributed by atoms with Crippen molar-refractivity contribution >= 4 is 0 Å². The molecule has 2 nitrogen and oxygen atoms in total. The van der Waals surface area contributed by atoms with Crippen molar-refractivity contribution in [3.8, 4) is 0 Å². The number of ether oxygens (including phenoxy) is 1. The van der Waals surface area contributed by atoms with Gasteiger partial charge in [-0.05, 0) is 36.9 Å². The molecule has 0 fully saturated rings. The van der Waals surface area contributed by atoms with Gasteiger partial charge < -0.3 is 10.1 Å². The van der Waals surface area contributed by atoms with E-state index < -0.39 is 0 Å². The standard InChI is InChI=1S/C17H29NO/c1-6-8-16(19-5)17(18-4)15-10-7-9-14(12-15)11-13(2)3/h7,9-10,12-13,16-18H,6,8,11H2,1-5H3. The van der Waals surface area contributed by atoms with Crippen LogP contribution < -0.4 is 5.32 Å². The van der Waals surface area contributed by atoms with Crippen molar-refractivity contribution in [3.63, 3.8) is 0 Å². The molecule has 2 heteroatoms. The zero-order valence-electron chi connectivity index (χ0n) is 13.1. The highest BCUT2D eigenvalue weighted by atomic mass is 16.5. The van der Waals surface area contributed by atoms with Gasteiger partial charge in [-0.15, -0.1) is 0 Å². The molecule has 0 aliphatic carbocycles. The third-order valence-electron chi connectivity index (χ3n) is 3.51. The largest absolute Gasteiger partial charge is 0.379 e. The molecule has 0 aromatic heterocycles. The Balaban J connectivity index is 2.90. The molecule has 0 saturated carbocycles. The molecule has 0 aliphatic rings. The quantitative estimate of drug-likeness (QED) is 0.766. The average Bonchev–Trinajstić information content (AvgIpc) is 2.38. The number of likely N-dealkylation sites (N-methyl/N-ethyl adjacent to an activating group) is 1. The Bertz CT molecular complexity index is 362. The van der Waals surface area contributed by atoms with E-state index in [1.165, 1.54) is 11.1 Å². The van der Waals surface area contributed by atoms with Crippen molar-refractivity contribution in [3.05, 3.63) is 35.4 Å². The molecule has 0 amide bonds. The molecule has 1 aromatic rings. The Kier molecular flexibility index (Phi) is 7.11. The summed E-state index contributed by atoms with van der Waals surface area (Å²) in [6, 6.07) is 9.18. The van der Waals surface area contributed by atoms with Gasteiger partial charge in [0.2, 0.25) is 0 Å². The molecule has 2 unspecified atom stereocenters. The molecule has 0 aliphatic heterocycles. The maximum atomic E-state index is 5.66. The number of hydrogen-bond donors (Lipinski definition) is 1. The lowest BCUT2D eigenvalue weighted by Crippen LogP contribution is -2.31. The smallest absolute Gasteiger partial charge is 0.0765 e. The molecule has 1 rings (SSSR count). The van der Waals surface area contributed by atoms with E-state index in [2.05, 4.69) is 50.4 Å². The molecule has 1 N–H and O–H groups in total. The van der Waals surface area contributed by atoms with Crippen molar-refractivity contribution in [2.45, 2.75) is 52.2 Å². The number of hydrogen-bond acceptors (Lipinski definition) is 2. The number of methoxy groups -OCH3 is 1. The average molecular weight is 263 g/mol. The Labute approximate surface area is 118 Å². The van der Waals surface area contributed by atoms with Gasteiger partial charge in [-0.3, -0.25) is 0 Å². The molecule has 0 saturated heterocycles. The predicted octanol–water partition coefficient (Wildman–Crippen LogP) is 3.96. The topological polar surface area (TPSA) is 21.3 Å². The zero-order chi connectivity index (χ0) is 14.3. The summed E-state index contributed by atoms with van der Waals surface area (Å²) in [6.45, 7) is 6.72. The molecule has 0 bridgehead atoms. The SMILES string of the molecule is CCCC(OC)C(NC)c1cccc(CC(C)C)c1. The van der Waals surface area contributed by atoms with Gasteiger partial charge in [0.1, 0.15) is 0 Å². The summed E-state index contributed by atoms with van der Waals surface area (Å²) in [4.78, 5) is 0.